The number of fused-ring (bicyclic) bond motifs is 2. The molecule has 0 saturated heterocycles. The lowest BCUT2D eigenvalue weighted by Gasteiger charge is -2.08. The predicted molar refractivity (Wildman–Crippen MR) is 91.5 cm³/mol. The lowest BCUT2D eigenvalue weighted by atomic mass is 10.1. The zero-order chi connectivity index (χ0) is 19.3. The van der Waals surface area contributed by atoms with E-state index in [0.717, 1.165) is 23.3 Å². The average Bonchev–Trinajstić information content (AvgIpc) is 3.26. The molecule has 0 unspecified atom stereocenters. The van der Waals surface area contributed by atoms with E-state index >= 15 is 0 Å². The molecule has 1 aromatic carbocycles. The number of nitrogens with one attached hydrogen (secondary N) is 1. The van der Waals surface area contributed by atoms with Crippen LogP contribution in [0.1, 0.15) is 37.0 Å². The minimum absolute atomic E-state index is 0.0665. The van der Waals surface area contributed by atoms with Gasteiger partial charge >= 0.3 is 0 Å². The molecule has 1 amide bonds. The molecule has 0 atom stereocenters. The van der Waals surface area contributed by atoms with Crippen molar-refractivity contribution in [1.82, 2.24) is 14.7 Å². The van der Waals surface area contributed by atoms with E-state index in [-0.39, 0.29) is 35.5 Å². The van der Waals surface area contributed by atoms with Crippen molar-refractivity contribution in [2.45, 2.75) is 26.8 Å². The van der Waals surface area contributed by atoms with Gasteiger partial charge in [0, 0.05) is 19.1 Å². The molecule has 24 heavy (non-hydrogen) atoms. The Balaban J connectivity index is 1.66. The van der Waals surface area contributed by atoms with Crippen molar-refractivity contribution >= 4 is 11.6 Å². The molecular weight excluding hydrogens is 302 g/mol. The van der Waals surface area contributed by atoms with Crippen LogP contribution in [0.5, 0.6) is 5.75 Å². The van der Waals surface area contributed by atoms with Crippen molar-refractivity contribution in [3.8, 4) is 5.75 Å². The minimum atomic E-state index is -0.382. The maximum absolute atomic E-state index is 12.8. The van der Waals surface area contributed by atoms with Crippen molar-refractivity contribution < 1.29 is 13.6 Å². The number of benzene rings is 1. The van der Waals surface area contributed by atoms with Crippen LogP contribution in [0.2, 0.25) is 0 Å². The summed E-state index contributed by atoms with van der Waals surface area (Å²) in [5, 5.41) is 2.86. The van der Waals surface area contributed by atoms with Gasteiger partial charge < -0.3 is 10.1 Å². The van der Waals surface area contributed by atoms with Gasteiger partial charge in [0.05, 0.1) is 16.4 Å². The van der Waals surface area contributed by atoms with Crippen LogP contribution in [0.15, 0.2) is 36.5 Å². The Morgan fingerprint density at radius 2 is 2.33 bits per heavy atom. The second-order valence-corrected chi connectivity index (χ2v) is 5.91. The monoisotopic (exact) mass is 324 g/mol. The third-order valence-electron chi connectivity index (χ3n) is 4.13. The summed E-state index contributed by atoms with van der Waals surface area (Å²) < 4.78 is 31.2. The summed E-state index contributed by atoms with van der Waals surface area (Å²) in [6.45, 7) is 4.30. The number of ether oxygens (including phenoxy) is 1. The molecule has 0 aliphatic carbocycles. The summed E-state index contributed by atoms with van der Waals surface area (Å²) in [6.07, 6.45) is 0.725. The Morgan fingerprint density at radius 1 is 1.46 bits per heavy atom. The van der Waals surface area contributed by atoms with E-state index in [1.165, 1.54) is 4.40 Å². The van der Waals surface area contributed by atoms with Crippen molar-refractivity contribution in [1.29, 1.82) is 0 Å². The Labute approximate surface area is 144 Å². The average molecular weight is 324 g/mol. The van der Waals surface area contributed by atoms with Gasteiger partial charge in [-0.1, -0.05) is 12.1 Å². The van der Waals surface area contributed by atoms with E-state index < -0.39 is 0 Å². The van der Waals surface area contributed by atoms with Gasteiger partial charge in [-0.2, -0.15) is 0 Å². The van der Waals surface area contributed by atoms with Gasteiger partial charge in [0.1, 0.15) is 17.1 Å². The standard InChI is InChI=1S/C19H19N3O2/c1-12-5-7-22-17(9-12)21-13(2)18(22)19(23)20-11-14-3-4-16-15(10-14)6-8-24-16/h3-5,7,9-10H,6,8,11H2,1-2H3,(H,20,23)/i5D,7D,9D. The second-order valence-electron chi connectivity index (χ2n) is 5.91. The number of carbonyl (C=O) groups is 1. The maximum Gasteiger partial charge on any atom is 0.270 e. The zero-order valence-corrected chi connectivity index (χ0v) is 13.6. The van der Waals surface area contributed by atoms with E-state index in [2.05, 4.69) is 10.3 Å². The highest BCUT2D eigenvalue weighted by atomic mass is 16.5. The van der Waals surface area contributed by atoms with E-state index in [0.29, 0.717) is 24.4 Å². The highest BCUT2D eigenvalue weighted by Gasteiger charge is 2.17. The number of hydrogen-bond acceptors (Lipinski definition) is 3. The van der Waals surface area contributed by atoms with Crippen LogP contribution in [0.3, 0.4) is 0 Å². The number of pyridine rings is 1. The summed E-state index contributed by atoms with van der Waals surface area (Å²) in [4.78, 5) is 17.1. The predicted octanol–water partition coefficient (Wildman–Crippen LogP) is 2.82. The second kappa shape index (κ2) is 5.67. The molecule has 0 fully saturated rings. The number of hydrogen-bond donors (Lipinski definition) is 1. The van der Waals surface area contributed by atoms with Gasteiger partial charge in [-0.15, -0.1) is 0 Å². The van der Waals surface area contributed by atoms with E-state index in [1.54, 1.807) is 13.8 Å². The molecule has 1 aliphatic heterocycles. The fraction of sp³-hybridized carbons (Fsp3) is 0.263. The highest BCUT2D eigenvalue weighted by Crippen LogP contribution is 2.25. The van der Waals surface area contributed by atoms with Crippen LogP contribution in [-0.4, -0.2) is 21.9 Å². The molecule has 0 radical (unpaired) electrons. The van der Waals surface area contributed by atoms with Gasteiger partial charge in [0.2, 0.25) is 0 Å². The van der Waals surface area contributed by atoms with Crippen LogP contribution in [0.4, 0.5) is 0 Å². The van der Waals surface area contributed by atoms with Crippen molar-refractivity contribution in [2.75, 3.05) is 6.61 Å². The van der Waals surface area contributed by atoms with Crippen molar-refractivity contribution in [3.05, 3.63) is 64.5 Å². The van der Waals surface area contributed by atoms with Crippen molar-refractivity contribution in [3.63, 3.8) is 0 Å². The van der Waals surface area contributed by atoms with Gasteiger partial charge in [-0.25, -0.2) is 4.98 Å². The van der Waals surface area contributed by atoms with Crippen molar-refractivity contribution in [2.24, 2.45) is 0 Å². The first kappa shape index (κ1) is 11.7. The fourth-order valence-electron chi connectivity index (χ4n) is 2.94. The highest BCUT2D eigenvalue weighted by molar-refractivity contribution is 5.94. The number of amides is 1. The fourth-order valence-corrected chi connectivity index (χ4v) is 2.94. The van der Waals surface area contributed by atoms with E-state index in [4.69, 9.17) is 8.85 Å². The Bertz CT molecular complexity index is 1090. The molecule has 0 saturated carbocycles. The molecule has 1 aliphatic rings. The minimum Gasteiger partial charge on any atom is -0.493 e. The normalized spacial score (nSPS) is 14.7. The topological polar surface area (TPSA) is 55.6 Å². The summed E-state index contributed by atoms with van der Waals surface area (Å²) in [6, 6.07) is 5.84. The molecule has 5 heteroatoms. The van der Waals surface area contributed by atoms with Gasteiger partial charge in [-0.05, 0) is 48.7 Å². The molecule has 3 aromatic rings. The molecule has 0 bridgehead atoms. The quantitative estimate of drug-likeness (QED) is 0.806. The summed E-state index contributed by atoms with van der Waals surface area (Å²) in [5.74, 6) is 0.510. The summed E-state index contributed by atoms with van der Waals surface area (Å²) in [7, 11) is 0. The Kier molecular flexibility index (Phi) is 2.76. The lowest BCUT2D eigenvalue weighted by molar-refractivity contribution is 0.0944. The van der Waals surface area contributed by atoms with Crippen LogP contribution < -0.4 is 10.1 Å². The molecule has 122 valence electrons. The van der Waals surface area contributed by atoms with Crippen LogP contribution in [0.25, 0.3) is 5.65 Å². The molecule has 5 nitrogen and oxygen atoms in total. The van der Waals surface area contributed by atoms with Crippen LogP contribution >= 0.6 is 0 Å². The summed E-state index contributed by atoms with van der Waals surface area (Å²) in [5.41, 5.74) is 3.33. The number of aryl methyl sites for hydroxylation is 1. The molecule has 2 aromatic heterocycles. The molecule has 1 N–H and O–H groups in total. The zero-order valence-electron chi connectivity index (χ0n) is 16.6. The third kappa shape index (κ3) is 2.52. The van der Waals surface area contributed by atoms with E-state index in [9.17, 15) is 4.79 Å². The number of rotatable bonds is 3. The first-order chi connectivity index (χ1) is 12.9. The number of imidazole rings is 1. The third-order valence-corrected chi connectivity index (χ3v) is 4.13. The SMILES string of the molecule is [2H]c1c(C)c([2H])c2nc(C)c(C(=O)NCc3ccc4c(c3)CCO4)n2c1[2H]. The summed E-state index contributed by atoms with van der Waals surface area (Å²) >= 11 is 0. The Morgan fingerprint density at radius 3 is 3.21 bits per heavy atom. The number of carbonyl (C=O) groups excluding carboxylic acids is 1. The van der Waals surface area contributed by atoms with Gasteiger partial charge in [-0.3, -0.25) is 9.20 Å². The van der Waals surface area contributed by atoms with Gasteiger partial charge in [0.25, 0.3) is 5.91 Å². The van der Waals surface area contributed by atoms with E-state index in [1.807, 2.05) is 18.2 Å². The molecule has 0 spiro atoms. The van der Waals surface area contributed by atoms with Crippen LogP contribution in [-0.2, 0) is 13.0 Å². The molecule has 3 heterocycles. The lowest BCUT2D eigenvalue weighted by Crippen LogP contribution is -2.25. The number of aromatic nitrogens is 2. The molecular formula is C19H19N3O2. The van der Waals surface area contributed by atoms with Crippen LogP contribution in [0, 0.1) is 13.8 Å². The number of nitrogens with zero attached hydrogens (tertiary/aromatic N) is 2. The van der Waals surface area contributed by atoms with Gasteiger partial charge in [0.15, 0.2) is 0 Å². The maximum atomic E-state index is 12.8. The Hall–Kier alpha value is -2.82. The smallest absolute Gasteiger partial charge is 0.270 e. The molecule has 4 rings (SSSR count). The largest absolute Gasteiger partial charge is 0.493 e. The first-order valence-corrected chi connectivity index (χ1v) is 7.86. The first-order valence-electron chi connectivity index (χ1n) is 9.36.